The van der Waals surface area contributed by atoms with Crippen LogP contribution in [0.3, 0.4) is 0 Å². The van der Waals surface area contributed by atoms with Gasteiger partial charge in [-0.1, -0.05) is 28.1 Å². The minimum Gasteiger partial charge on any atom is -0.495 e. The minimum absolute atomic E-state index is 0.0745. The summed E-state index contributed by atoms with van der Waals surface area (Å²) in [6, 6.07) is 12.0. The molecule has 6 nitrogen and oxygen atoms in total. The van der Waals surface area contributed by atoms with Gasteiger partial charge < -0.3 is 10.1 Å². The standard InChI is InChI=1S/C18H19BrN2O4S/c1-12(22)20-16-11-15(7-8-17(16)25-2)26(23,24)21-18(9-10-18)13-3-5-14(19)6-4-13/h3-8,11,21H,9-10H2,1-2H3,(H,20,22). The zero-order valence-electron chi connectivity index (χ0n) is 14.4. The Morgan fingerprint density at radius 1 is 1.15 bits per heavy atom. The van der Waals surface area contributed by atoms with Crippen LogP contribution >= 0.6 is 15.9 Å². The van der Waals surface area contributed by atoms with Gasteiger partial charge in [-0.15, -0.1) is 0 Å². The van der Waals surface area contributed by atoms with E-state index in [1.807, 2.05) is 24.3 Å². The van der Waals surface area contributed by atoms with Crippen LogP contribution in [0, 0.1) is 0 Å². The van der Waals surface area contributed by atoms with Gasteiger partial charge in [-0.05, 0) is 48.7 Å². The van der Waals surface area contributed by atoms with E-state index in [4.69, 9.17) is 4.74 Å². The normalized spacial score (nSPS) is 15.3. The van der Waals surface area contributed by atoms with Gasteiger partial charge in [-0.25, -0.2) is 13.1 Å². The molecular formula is C18H19BrN2O4S. The van der Waals surface area contributed by atoms with E-state index in [2.05, 4.69) is 26.0 Å². The maximum atomic E-state index is 12.9. The van der Waals surface area contributed by atoms with Crippen LogP contribution in [-0.4, -0.2) is 21.4 Å². The van der Waals surface area contributed by atoms with Crippen molar-refractivity contribution in [2.45, 2.75) is 30.2 Å². The van der Waals surface area contributed by atoms with E-state index in [9.17, 15) is 13.2 Å². The van der Waals surface area contributed by atoms with E-state index < -0.39 is 15.6 Å². The Morgan fingerprint density at radius 3 is 2.35 bits per heavy atom. The summed E-state index contributed by atoms with van der Waals surface area (Å²) in [4.78, 5) is 11.4. The first-order valence-corrected chi connectivity index (χ1v) is 10.3. The van der Waals surface area contributed by atoms with Crippen molar-refractivity contribution in [1.82, 2.24) is 4.72 Å². The highest BCUT2D eigenvalue weighted by atomic mass is 79.9. The summed E-state index contributed by atoms with van der Waals surface area (Å²) >= 11 is 3.39. The van der Waals surface area contributed by atoms with E-state index in [-0.39, 0.29) is 10.8 Å². The first-order valence-electron chi connectivity index (χ1n) is 8.01. The van der Waals surface area contributed by atoms with Crippen LogP contribution in [0.25, 0.3) is 0 Å². The second-order valence-corrected chi connectivity index (χ2v) is 8.84. The van der Waals surface area contributed by atoms with Gasteiger partial charge >= 0.3 is 0 Å². The summed E-state index contributed by atoms with van der Waals surface area (Å²) in [5.74, 6) is 0.0903. The first-order chi connectivity index (χ1) is 12.3. The minimum atomic E-state index is -3.77. The summed E-state index contributed by atoms with van der Waals surface area (Å²) in [7, 11) is -2.31. The quantitative estimate of drug-likeness (QED) is 0.723. The molecule has 0 saturated heterocycles. The van der Waals surface area contributed by atoms with Crippen molar-refractivity contribution >= 4 is 37.5 Å². The SMILES string of the molecule is COc1ccc(S(=O)(=O)NC2(c3ccc(Br)cc3)CC2)cc1NC(C)=O. The molecule has 0 unspecified atom stereocenters. The van der Waals surface area contributed by atoms with Crippen molar-refractivity contribution in [1.29, 1.82) is 0 Å². The fourth-order valence-electron chi connectivity index (χ4n) is 2.80. The predicted octanol–water partition coefficient (Wildman–Crippen LogP) is 3.38. The number of carbonyl (C=O) groups is 1. The Morgan fingerprint density at radius 2 is 1.81 bits per heavy atom. The molecule has 1 saturated carbocycles. The van der Waals surface area contributed by atoms with Gasteiger partial charge in [0.05, 0.1) is 23.2 Å². The lowest BCUT2D eigenvalue weighted by Crippen LogP contribution is -2.34. The molecule has 0 aromatic heterocycles. The molecule has 2 N–H and O–H groups in total. The average Bonchev–Trinajstić information content (AvgIpc) is 3.34. The molecule has 2 aromatic rings. The Hall–Kier alpha value is -1.90. The molecule has 0 bridgehead atoms. The topological polar surface area (TPSA) is 84.5 Å². The number of anilines is 1. The van der Waals surface area contributed by atoms with Gasteiger partial charge in [-0.3, -0.25) is 4.79 Å². The molecule has 1 aliphatic rings. The van der Waals surface area contributed by atoms with Gasteiger partial charge in [0.1, 0.15) is 5.75 Å². The second kappa shape index (κ2) is 7.02. The number of amides is 1. The monoisotopic (exact) mass is 438 g/mol. The number of rotatable bonds is 6. The van der Waals surface area contributed by atoms with Crippen molar-refractivity contribution < 1.29 is 17.9 Å². The number of hydrogen-bond donors (Lipinski definition) is 2. The van der Waals surface area contributed by atoms with Gasteiger partial charge in [0.25, 0.3) is 0 Å². The largest absolute Gasteiger partial charge is 0.495 e. The molecule has 0 atom stereocenters. The molecule has 1 fully saturated rings. The number of nitrogens with one attached hydrogen (secondary N) is 2. The molecule has 3 rings (SSSR count). The molecule has 8 heteroatoms. The van der Waals surface area contributed by atoms with Crippen LogP contribution in [0.1, 0.15) is 25.3 Å². The molecule has 1 aliphatic carbocycles. The molecule has 1 amide bonds. The summed E-state index contributed by atoms with van der Waals surface area (Å²) in [5, 5.41) is 2.59. The number of sulfonamides is 1. The van der Waals surface area contributed by atoms with Crippen molar-refractivity contribution in [2.24, 2.45) is 0 Å². The number of benzene rings is 2. The maximum absolute atomic E-state index is 12.9. The zero-order valence-corrected chi connectivity index (χ0v) is 16.8. The van der Waals surface area contributed by atoms with Crippen molar-refractivity contribution in [2.75, 3.05) is 12.4 Å². The predicted molar refractivity (Wildman–Crippen MR) is 103 cm³/mol. The maximum Gasteiger partial charge on any atom is 0.241 e. The number of methoxy groups -OCH3 is 1. The number of ether oxygens (including phenoxy) is 1. The zero-order chi connectivity index (χ0) is 18.9. The van der Waals surface area contributed by atoms with Gasteiger partial charge in [0.2, 0.25) is 15.9 Å². The average molecular weight is 439 g/mol. The highest BCUT2D eigenvalue weighted by Crippen LogP contribution is 2.47. The Balaban J connectivity index is 1.91. The first kappa shape index (κ1) is 18.9. The fourth-order valence-corrected chi connectivity index (χ4v) is 4.54. The molecule has 0 spiro atoms. The van der Waals surface area contributed by atoms with E-state index in [0.29, 0.717) is 11.4 Å². The number of hydrogen-bond acceptors (Lipinski definition) is 4. The smallest absolute Gasteiger partial charge is 0.241 e. The van der Waals surface area contributed by atoms with Crippen LogP contribution in [0.15, 0.2) is 51.8 Å². The Bertz CT molecular complexity index is 938. The van der Waals surface area contributed by atoms with E-state index in [1.54, 1.807) is 0 Å². The van der Waals surface area contributed by atoms with Crippen LogP contribution < -0.4 is 14.8 Å². The van der Waals surface area contributed by atoms with E-state index >= 15 is 0 Å². The van der Waals surface area contributed by atoms with Crippen LogP contribution in [-0.2, 0) is 20.4 Å². The second-order valence-electron chi connectivity index (χ2n) is 6.24. The summed E-state index contributed by atoms with van der Waals surface area (Å²) < 4.78 is 34.7. The summed E-state index contributed by atoms with van der Waals surface area (Å²) in [5.41, 5.74) is 0.671. The van der Waals surface area contributed by atoms with Crippen molar-refractivity contribution in [3.8, 4) is 5.75 Å². The van der Waals surface area contributed by atoms with Crippen LogP contribution in [0.2, 0.25) is 0 Å². The lowest BCUT2D eigenvalue weighted by atomic mass is 10.1. The summed E-state index contributed by atoms with van der Waals surface area (Å²) in [6.45, 7) is 1.35. The van der Waals surface area contributed by atoms with Crippen LogP contribution in [0.5, 0.6) is 5.75 Å². The number of carbonyl (C=O) groups excluding carboxylic acids is 1. The van der Waals surface area contributed by atoms with Crippen molar-refractivity contribution in [3.05, 3.63) is 52.5 Å². The third-order valence-electron chi connectivity index (χ3n) is 4.27. The highest BCUT2D eigenvalue weighted by Gasteiger charge is 2.47. The summed E-state index contributed by atoms with van der Waals surface area (Å²) in [6.07, 6.45) is 1.48. The lowest BCUT2D eigenvalue weighted by Gasteiger charge is -2.19. The molecule has 2 aromatic carbocycles. The third kappa shape index (κ3) is 3.92. The molecular weight excluding hydrogens is 420 g/mol. The Labute approximate surface area is 161 Å². The van der Waals surface area contributed by atoms with Gasteiger partial charge in [0.15, 0.2) is 0 Å². The van der Waals surface area contributed by atoms with E-state index in [0.717, 1.165) is 22.9 Å². The molecule has 0 aliphatic heterocycles. The van der Waals surface area contributed by atoms with Crippen molar-refractivity contribution in [3.63, 3.8) is 0 Å². The lowest BCUT2D eigenvalue weighted by molar-refractivity contribution is -0.114. The van der Waals surface area contributed by atoms with Gasteiger partial charge in [0, 0.05) is 11.4 Å². The molecule has 0 heterocycles. The van der Waals surface area contributed by atoms with Crippen LogP contribution in [0.4, 0.5) is 5.69 Å². The molecule has 138 valence electrons. The van der Waals surface area contributed by atoms with E-state index in [1.165, 1.54) is 32.2 Å². The Kier molecular flexibility index (Phi) is 5.09. The number of halogens is 1. The highest BCUT2D eigenvalue weighted by molar-refractivity contribution is 9.10. The molecule has 0 radical (unpaired) electrons. The fraction of sp³-hybridized carbons (Fsp3) is 0.278. The van der Waals surface area contributed by atoms with Gasteiger partial charge in [-0.2, -0.15) is 0 Å². The third-order valence-corrected chi connectivity index (χ3v) is 6.33. The molecule has 26 heavy (non-hydrogen) atoms.